The monoisotopic (exact) mass is 289 g/mol. The maximum absolute atomic E-state index is 5.70. The second-order valence-electron chi connectivity index (χ2n) is 4.84. The summed E-state index contributed by atoms with van der Waals surface area (Å²) in [4.78, 5) is 0. The molecule has 21 heavy (non-hydrogen) atoms. The van der Waals surface area contributed by atoms with Gasteiger partial charge in [-0.3, -0.25) is 0 Å². The molecule has 2 rings (SSSR count). The number of ether oxygens (including phenoxy) is 2. The van der Waals surface area contributed by atoms with Gasteiger partial charge in [-0.25, -0.2) is 0 Å². The average Bonchev–Trinajstić information content (AvgIpc) is 3.00. The zero-order valence-electron chi connectivity index (χ0n) is 12.9. The summed E-state index contributed by atoms with van der Waals surface area (Å²) >= 11 is 0. The largest absolute Gasteiger partial charge is 0.490 e. The van der Waals surface area contributed by atoms with Gasteiger partial charge in [-0.05, 0) is 50.3 Å². The SMILES string of the molecule is CCOc1ccc(C(CC)Cc2cn[nH]n2)cc1OCC. The van der Waals surface area contributed by atoms with E-state index in [1.54, 1.807) is 6.20 Å². The van der Waals surface area contributed by atoms with Crippen molar-refractivity contribution in [3.05, 3.63) is 35.7 Å². The Hall–Kier alpha value is -2.04. The molecule has 1 atom stereocenters. The van der Waals surface area contributed by atoms with Crippen LogP contribution < -0.4 is 9.47 Å². The minimum absolute atomic E-state index is 0.394. The van der Waals surface area contributed by atoms with Crippen LogP contribution in [0.3, 0.4) is 0 Å². The Morgan fingerprint density at radius 2 is 1.86 bits per heavy atom. The molecule has 1 N–H and O–H groups in total. The zero-order valence-corrected chi connectivity index (χ0v) is 12.9. The fourth-order valence-electron chi connectivity index (χ4n) is 2.40. The molecule has 1 aromatic heterocycles. The molecule has 0 aliphatic carbocycles. The second-order valence-corrected chi connectivity index (χ2v) is 4.84. The van der Waals surface area contributed by atoms with Gasteiger partial charge in [0.05, 0.1) is 25.1 Å². The number of nitrogens with one attached hydrogen (secondary N) is 1. The normalized spacial score (nSPS) is 12.1. The highest BCUT2D eigenvalue weighted by Gasteiger charge is 2.15. The third kappa shape index (κ3) is 3.97. The number of aromatic amines is 1. The van der Waals surface area contributed by atoms with Crippen molar-refractivity contribution in [3.63, 3.8) is 0 Å². The van der Waals surface area contributed by atoms with Crippen molar-refractivity contribution in [2.75, 3.05) is 13.2 Å². The van der Waals surface area contributed by atoms with Crippen LogP contribution in [0, 0.1) is 0 Å². The van der Waals surface area contributed by atoms with E-state index in [-0.39, 0.29) is 0 Å². The summed E-state index contributed by atoms with van der Waals surface area (Å²) in [6, 6.07) is 6.19. The van der Waals surface area contributed by atoms with Crippen LogP contribution in [0.25, 0.3) is 0 Å². The van der Waals surface area contributed by atoms with Crippen LogP contribution >= 0.6 is 0 Å². The van der Waals surface area contributed by atoms with Crippen LogP contribution in [-0.2, 0) is 6.42 Å². The first-order valence-electron chi connectivity index (χ1n) is 7.52. The van der Waals surface area contributed by atoms with E-state index in [0.717, 1.165) is 30.0 Å². The predicted octanol–water partition coefficient (Wildman–Crippen LogP) is 3.34. The second kappa shape index (κ2) is 7.67. The third-order valence-electron chi connectivity index (χ3n) is 3.45. The molecule has 0 saturated carbocycles. The van der Waals surface area contributed by atoms with Crippen molar-refractivity contribution in [2.24, 2.45) is 0 Å². The van der Waals surface area contributed by atoms with Crippen molar-refractivity contribution in [3.8, 4) is 11.5 Å². The van der Waals surface area contributed by atoms with E-state index in [1.807, 2.05) is 19.9 Å². The Morgan fingerprint density at radius 3 is 2.48 bits per heavy atom. The van der Waals surface area contributed by atoms with E-state index < -0.39 is 0 Å². The molecule has 0 aliphatic heterocycles. The van der Waals surface area contributed by atoms with Gasteiger partial charge in [0.2, 0.25) is 0 Å². The summed E-state index contributed by atoms with van der Waals surface area (Å²) in [5.41, 5.74) is 2.22. The smallest absolute Gasteiger partial charge is 0.161 e. The minimum atomic E-state index is 0.394. The third-order valence-corrected chi connectivity index (χ3v) is 3.45. The molecule has 1 unspecified atom stereocenters. The molecule has 5 heteroatoms. The Kier molecular flexibility index (Phi) is 5.60. The topological polar surface area (TPSA) is 60.0 Å². The summed E-state index contributed by atoms with van der Waals surface area (Å²) in [5.74, 6) is 2.01. The molecule has 0 aliphatic rings. The summed E-state index contributed by atoms with van der Waals surface area (Å²) in [7, 11) is 0. The standard InChI is InChI=1S/C16H23N3O2/c1-4-12(9-14-11-17-19-18-14)13-7-8-15(20-5-2)16(10-13)21-6-3/h7-8,10-12H,4-6,9H2,1-3H3,(H,17,18,19). The number of H-pyrrole nitrogens is 1. The summed E-state index contributed by atoms with van der Waals surface area (Å²) < 4.78 is 11.3. The summed E-state index contributed by atoms with van der Waals surface area (Å²) in [6.07, 6.45) is 3.68. The first-order chi connectivity index (χ1) is 10.3. The Morgan fingerprint density at radius 1 is 1.10 bits per heavy atom. The van der Waals surface area contributed by atoms with Gasteiger partial charge in [0.25, 0.3) is 0 Å². The van der Waals surface area contributed by atoms with Gasteiger partial charge in [-0.2, -0.15) is 15.4 Å². The summed E-state index contributed by atoms with van der Waals surface area (Å²) in [5, 5.41) is 10.7. The molecule has 114 valence electrons. The Labute approximate surface area is 125 Å². The van der Waals surface area contributed by atoms with Crippen LogP contribution in [-0.4, -0.2) is 28.6 Å². The van der Waals surface area contributed by atoms with Crippen LogP contribution in [0.2, 0.25) is 0 Å². The lowest BCUT2D eigenvalue weighted by Gasteiger charge is -2.17. The lowest BCUT2D eigenvalue weighted by Crippen LogP contribution is -2.04. The van der Waals surface area contributed by atoms with Crippen molar-refractivity contribution in [1.82, 2.24) is 15.4 Å². The number of benzene rings is 1. The molecule has 0 fully saturated rings. The first kappa shape index (κ1) is 15.4. The van der Waals surface area contributed by atoms with Gasteiger partial charge in [0, 0.05) is 0 Å². The van der Waals surface area contributed by atoms with Gasteiger partial charge >= 0.3 is 0 Å². The molecule has 1 aromatic carbocycles. The Bertz CT molecular complexity index is 540. The molecule has 0 amide bonds. The predicted molar refractivity (Wildman–Crippen MR) is 81.9 cm³/mol. The minimum Gasteiger partial charge on any atom is -0.490 e. The fourth-order valence-corrected chi connectivity index (χ4v) is 2.40. The van der Waals surface area contributed by atoms with Gasteiger partial charge in [-0.1, -0.05) is 13.0 Å². The van der Waals surface area contributed by atoms with Gasteiger partial charge in [0.15, 0.2) is 11.5 Å². The maximum Gasteiger partial charge on any atom is 0.161 e. The average molecular weight is 289 g/mol. The van der Waals surface area contributed by atoms with Gasteiger partial charge in [0.1, 0.15) is 0 Å². The van der Waals surface area contributed by atoms with Gasteiger partial charge in [-0.15, -0.1) is 0 Å². The van der Waals surface area contributed by atoms with E-state index in [1.165, 1.54) is 5.56 Å². The van der Waals surface area contributed by atoms with Crippen LogP contribution in [0.5, 0.6) is 11.5 Å². The molecule has 0 radical (unpaired) electrons. The summed E-state index contributed by atoms with van der Waals surface area (Å²) in [6.45, 7) is 7.40. The number of aromatic nitrogens is 3. The highest BCUT2D eigenvalue weighted by molar-refractivity contribution is 5.44. The number of rotatable bonds is 8. The highest BCUT2D eigenvalue weighted by Crippen LogP contribution is 2.33. The lowest BCUT2D eigenvalue weighted by atomic mass is 9.92. The number of hydrogen-bond donors (Lipinski definition) is 1. The van der Waals surface area contributed by atoms with Crippen molar-refractivity contribution < 1.29 is 9.47 Å². The van der Waals surface area contributed by atoms with Gasteiger partial charge < -0.3 is 9.47 Å². The molecule has 2 aromatic rings. The van der Waals surface area contributed by atoms with Crippen LogP contribution in [0.4, 0.5) is 0 Å². The molecule has 5 nitrogen and oxygen atoms in total. The van der Waals surface area contributed by atoms with Crippen molar-refractivity contribution >= 4 is 0 Å². The van der Waals surface area contributed by atoms with E-state index in [2.05, 4.69) is 34.5 Å². The van der Waals surface area contributed by atoms with Crippen molar-refractivity contribution in [2.45, 2.75) is 39.5 Å². The zero-order chi connectivity index (χ0) is 15.1. The van der Waals surface area contributed by atoms with E-state index in [9.17, 15) is 0 Å². The highest BCUT2D eigenvalue weighted by atomic mass is 16.5. The van der Waals surface area contributed by atoms with Crippen molar-refractivity contribution in [1.29, 1.82) is 0 Å². The van der Waals surface area contributed by atoms with Crippen LogP contribution in [0.15, 0.2) is 24.4 Å². The molecule has 0 saturated heterocycles. The molecule has 0 spiro atoms. The van der Waals surface area contributed by atoms with E-state index in [0.29, 0.717) is 19.1 Å². The first-order valence-corrected chi connectivity index (χ1v) is 7.52. The fraction of sp³-hybridized carbons (Fsp3) is 0.500. The molecular formula is C16H23N3O2. The number of nitrogens with zero attached hydrogens (tertiary/aromatic N) is 2. The molecule has 0 bridgehead atoms. The number of hydrogen-bond acceptors (Lipinski definition) is 4. The molecule has 1 heterocycles. The Balaban J connectivity index is 2.22. The molecular weight excluding hydrogens is 266 g/mol. The maximum atomic E-state index is 5.70. The lowest BCUT2D eigenvalue weighted by molar-refractivity contribution is 0.287. The quantitative estimate of drug-likeness (QED) is 0.809. The van der Waals surface area contributed by atoms with Crippen LogP contribution in [0.1, 0.15) is 44.4 Å². The van der Waals surface area contributed by atoms with E-state index >= 15 is 0 Å². The van der Waals surface area contributed by atoms with E-state index in [4.69, 9.17) is 9.47 Å².